The smallest absolute Gasteiger partial charge is 0.462 e. The van der Waals surface area contributed by atoms with E-state index in [2.05, 4.69) is 76.3 Å². The first-order valence-corrected chi connectivity index (χ1v) is 42.5. The van der Waals surface area contributed by atoms with Crippen LogP contribution in [-0.2, 0) is 65.4 Å². The molecular weight excluding hydrogens is 1280 g/mol. The fourth-order valence-electron chi connectivity index (χ4n) is 10.9. The Bertz CT molecular complexity index is 2100. The van der Waals surface area contributed by atoms with E-state index in [9.17, 15) is 43.2 Å². The predicted molar refractivity (Wildman–Crippen MR) is 400 cm³/mol. The average Bonchev–Trinajstić information content (AvgIpc) is 0.969. The molecule has 5 atom stereocenters. The fraction of sp³-hybridized carbons (Fsp3) is 0.823. The van der Waals surface area contributed by atoms with Crippen LogP contribution in [0.15, 0.2) is 60.8 Å². The first kappa shape index (κ1) is 94.8. The summed E-state index contributed by atoms with van der Waals surface area (Å²) in [6.45, 7) is 4.84. The van der Waals surface area contributed by atoms with Crippen LogP contribution in [0.4, 0.5) is 0 Å². The van der Waals surface area contributed by atoms with Crippen LogP contribution in [0.3, 0.4) is 0 Å². The van der Waals surface area contributed by atoms with Crippen molar-refractivity contribution in [2.75, 3.05) is 39.6 Å². The number of aliphatic hydroxyl groups is 1. The molecule has 0 aromatic carbocycles. The lowest BCUT2D eigenvalue weighted by Gasteiger charge is -2.21. The van der Waals surface area contributed by atoms with Gasteiger partial charge in [0, 0.05) is 25.7 Å². The zero-order valence-electron chi connectivity index (χ0n) is 62.5. The number of hydrogen-bond donors (Lipinski definition) is 3. The summed E-state index contributed by atoms with van der Waals surface area (Å²) in [5.41, 5.74) is 0. The van der Waals surface area contributed by atoms with Crippen molar-refractivity contribution in [3.63, 3.8) is 0 Å². The van der Waals surface area contributed by atoms with E-state index in [0.29, 0.717) is 32.1 Å². The summed E-state index contributed by atoms with van der Waals surface area (Å²) in [5.74, 6) is -2.21. The highest BCUT2D eigenvalue weighted by atomic mass is 31.2. The fourth-order valence-corrected chi connectivity index (χ4v) is 12.5. The number of unbranched alkanes of at least 4 members (excludes halogenated alkanes) is 39. The van der Waals surface area contributed by atoms with Gasteiger partial charge in [-0.2, -0.15) is 0 Å². The van der Waals surface area contributed by atoms with E-state index < -0.39 is 97.5 Å². The highest BCUT2D eigenvalue weighted by molar-refractivity contribution is 7.47. The molecule has 17 nitrogen and oxygen atoms in total. The van der Waals surface area contributed by atoms with Gasteiger partial charge in [0.1, 0.15) is 19.3 Å². The molecule has 98 heavy (non-hydrogen) atoms. The Labute approximate surface area is 597 Å². The number of esters is 4. The largest absolute Gasteiger partial charge is 0.472 e. The van der Waals surface area contributed by atoms with Crippen molar-refractivity contribution in [3.05, 3.63) is 60.8 Å². The summed E-state index contributed by atoms with van der Waals surface area (Å²) in [6.07, 6.45) is 70.6. The third-order valence-electron chi connectivity index (χ3n) is 17.0. The summed E-state index contributed by atoms with van der Waals surface area (Å²) in [6, 6.07) is 0. The van der Waals surface area contributed by atoms with E-state index in [0.717, 1.165) is 116 Å². The second kappa shape index (κ2) is 72.1. The summed E-state index contributed by atoms with van der Waals surface area (Å²) in [7, 11) is -9.95. The van der Waals surface area contributed by atoms with E-state index in [-0.39, 0.29) is 25.7 Å². The SMILES string of the molecule is CCCCC/C=C\C/C=C\C/C=C\C/C=C\CCCC(=O)OC[C@H](COP(=O)(O)OC[C@@H](O)COP(=O)(O)OC[C@@H](COC(=O)CCCCCCC/C=C\CCCCCCCC)OC(=O)CCCCCCCCCCCCCCC)OC(=O)CCCCCCCCCCCCCCC. The molecule has 2 unspecified atom stereocenters. The molecule has 0 rings (SSSR count). The minimum absolute atomic E-state index is 0.0895. The predicted octanol–water partition coefficient (Wildman–Crippen LogP) is 22.7. The van der Waals surface area contributed by atoms with E-state index in [1.54, 1.807) is 0 Å². The van der Waals surface area contributed by atoms with Gasteiger partial charge < -0.3 is 33.8 Å². The second-order valence-electron chi connectivity index (χ2n) is 26.7. The molecule has 572 valence electrons. The van der Waals surface area contributed by atoms with E-state index in [1.165, 1.54) is 161 Å². The van der Waals surface area contributed by atoms with Crippen LogP contribution in [0.2, 0.25) is 0 Å². The lowest BCUT2D eigenvalue weighted by atomic mass is 10.0. The van der Waals surface area contributed by atoms with E-state index >= 15 is 0 Å². The van der Waals surface area contributed by atoms with Gasteiger partial charge in [-0.1, -0.05) is 307 Å². The van der Waals surface area contributed by atoms with Crippen LogP contribution in [0.25, 0.3) is 0 Å². The number of carbonyl (C=O) groups excluding carboxylic acids is 4. The summed E-state index contributed by atoms with van der Waals surface area (Å²) in [5, 5.41) is 10.6. The van der Waals surface area contributed by atoms with Crippen molar-refractivity contribution >= 4 is 39.5 Å². The summed E-state index contributed by atoms with van der Waals surface area (Å²) >= 11 is 0. The average molecular weight is 1430 g/mol. The summed E-state index contributed by atoms with van der Waals surface area (Å²) < 4.78 is 68.5. The molecule has 0 aromatic heterocycles. The molecule has 0 heterocycles. The molecule has 0 amide bonds. The number of aliphatic hydroxyl groups excluding tert-OH is 1. The van der Waals surface area contributed by atoms with Crippen molar-refractivity contribution < 1.29 is 80.2 Å². The lowest BCUT2D eigenvalue weighted by Crippen LogP contribution is -2.30. The molecule has 0 aliphatic rings. The van der Waals surface area contributed by atoms with Gasteiger partial charge in [0.05, 0.1) is 26.4 Å². The van der Waals surface area contributed by atoms with Gasteiger partial charge in [0.2, 0.25) is 0 Å². The molecule has 0 spiro atoms. The van der Waals surface area contributed by atoms with Crippen LogP contribution < -0.4 is 0 Å². The molecule has 0 aliphatic heterocycles. The van der Waals surface area contributed by atoms with Crippen molar-refractivity contribution in [3.8, 4) is 0 Å². The Balaban J connectivity index is 5.35. The molecule has 0 bridgehead atoms. The molecule has 0 saturated carbocycles. The zero-order valence-corrected chi connectivity index (χ0v) is 64.3. The van der Waals surface area contributed by atoms with E-state index in [1.807, 2.05) is 12.2 Å². The molecule has 0 aromatic rings. The highest BCUT2D eigenvalue weighted by Gasteiger charge is 2.30. The van der Waals surface area contributed by atoms with Gasteiger partial charge in [0.25, 0.3) is 0 Å². The minimum Gasteiger partial charge on any atom is -0.462 e. The van der Waals surface area contributed by atoms with Gasteiger partial charge in [0.15, 0.2) is 12.2 Å². The maximum Gasteiger partial charge on any atom is 0.472 e. The molecular formula is C79H144O17P2. The molecule has 0 aliphatic carbocycles. The number of allylic oxidation sites excluding steroid dienone is 10. The molecule has 0 fully saturated rings. The Hall–Kier alpha value is -3.24. The number of carbonyl (C=O) groups is 4. The van der Waals surface area contributed by atoms with Gasteiger partial charge >= 0.3 is 39.5 Å². The van der Waals surface area contributed by atoms with Crippen LogP contribution >= 0.6 is 15.6 Å². The van der Waals surface area contributed by atoms with Crippen molar-refractivity contribution in [2.24, 2.45) is 0 Å². The van der Waals surface area contributed by atoms with Gasteiger partial charge in [-0.05, 0) is 89.9 Å². The van der Waals surface area contributed by atoms with Crippen LogP contribution in [0.1, 0.15) is 362 Å². The Morgan fingerprint density at radius 3 is 0.837 bits per heavy atom. The van der Waals surface area contributed by atoms with Crippen molar-refractivity contribution in [1.29, 1.82) is 0 Å². The van der Waals surface area contributed by atoms with Crippen molar-refractivity contribution in [2.45, 2.75) is 380 Å². The number of hydrogen-bond acceptors (Lipinski definition) is 15. The lowest BCUT2D eigenvalue weighted by molar-refractivity contribution is -0.161. The zero-order chi connectivity index (χ0) is 71.8. The number of ether oxygens (including phenoxy) is 4. The minimum atomic E-state index is -4.98. The third-order valence-corrected chi connectivity index (χ3v) is 18.9. The normalized spacial score (nSPS) is 14.2. The molecule has 0 radical (unpaired) electrons. The molecule has 19 heteroatoms. The van der Waals surface area contributed by atoms with Crippen LogP contribution in [0.5, 0.6) is 0 Å². The Morgan fingerprint density at radius 1 is 0.286 bits per heavy atom. The molecule has 0 saturated heterocycles. The second-order valence-corrected chi connectivity index (χ2v) is 29.6. The van der Waals surface area contributed by atoms with Crippen LogP contribution in [0, 0.1) is 0 Å². The maximum absolute atomic E-state index is 13.1. The first-order chi connectivity index (χ1) is 47.7. The third kappa shape index (κ3) is 71.2. The number of phosphoric acid groups is 2. The number of rotatable bonds is 75. The van der Waals surface area contributed by atoms with Gasteiger partial charge in [-0.15, -0.1) is 0 Å². The molecule has 3 N–H and O–H groups in total. The van der Waals surface area contributed by atoms with Crippen molar-refractivity contribution in [1.82, 2.24) is 0 Å². The first-order valence-electron chi connectivity index (χ1n) is 39.5. The summed E-state index contributed by atoms with van der Waals surface area (Å²) in [4.78, 5) is 72.9. The maximum atomic E-state index is 13.1. The highest BCUT2D eigenvalue weighted by Crippen LogP contribution is 2.45. The van der Waals surface area contributed by atoms with Gasteiger partial charge in [-0.25, -0.2) is 9.13 Å². The Morgan fingerprint density at radius 2 is 0.510 bits per heavy atom. The van der Waals surface area contributed by atoms with Crippen LogP contribution in [-0.4, -0.2) is 96.7 Å². The van der Waals surface area contributed by atoms with E-state index in [4.69, 9.17) is 37.0 Å². The van der Waals surface area contributed by atoms with Gasteiger partial charge in [-0.3, -0.25) is 37.3 Å². The topological polar surface area (TPSA) is 237 Å². The quantitative estimate of drug-likeness (QED) is 0.0169. The number of phosphoric ester groups is 2. The Kier molecular flexibility index (Phi) is 69.7. The standard InChI is InChI=1S/C79H144O17P2/c1-5-9-13-17-21-25-29-33-35-36-38-42-44-48-52-56-60-64-77(82)90-70-75(96-79(84)66-62-58-54-50-46-40-32-28-24-20-16-12-8-4)72-94-98(87,88)92-68-73(80)67-91-97(85,86)93-71-74(95-78(83)65-61-57-53-49-45-39-31-27-23-19-15-11-7-3)69-89-76(81)63-59-55-51-47-43-41-37-34-30-26-22-18-14-10-6-2/h21,25,33-35,37-38,42,48,52,73-75,80H,5-20,22-24,26-32,36,39-41,43-47,49-51,53-72H2,1-4H3,(H,85,86)(H,87,88)/b25-21-,35-33-,37-34-,42-38-,52-48-/t73-,74+,75+/m0/s1. The monoisotopic (exact) mass is 1430 g/mol.